The van der Waals surface area contributed by atoms with E-state index in [1.54, 1.807) is 18.2 Å². The zero-order valence-corrected chi connectivity index (χ0v) is 6.70. The fourth-order valence-electron chi connectivity index (χ4n) is 1.49. The van der Waals surface area contributed by atoms with E-state index >= 15 is 0 Å². The molecule has 0 saturated heterocycles. The molecule has 1 aliphatic carbocycles. The molecule has 0 saturated carbocycles. The summed E-state index contributed by atoms with van der Waals surface area (Å²) in [6.45, 7) is 0. The van der Waals surface area contributed by atoms with E-state index < -0.39 is 17.7 Å². The van der Waals surface area contributed by atoms with Crippen LogP contribution in [0.25, 0.3) is 6.08 Å². The molecular formula is C10H7FO2. The van der Waals surface area contributed by atoms with Gasteiger partial charge in [-0.15, -0.1) is 0 Å². The van der Waals surface area contributed by atoms with E-state index in [9.17, 15) is 9.18 Å². The normalized spacial score (nSPS) is 18.7. The van der Waals surface area contributed by atoms with Crippen molar-refractivity contribution in [3.8, 4) is 0 Å². The lowest BCUT2D eigenvalue weighted by atomic mass is 10.0. The fourth-order valence-corrected chi connectivity index (χ4v) is 1.49. The first-order valence-electron chi connectivity index (χ1n) is 3.89. The number of carboxylic acid groups (broad SMARTS) is 1. The van der Waals surface area contributed by atoms with Crippen LogP contribution in [-0.2, 0) is 4.79 Å². The van der Waals surface area contributed by atoms with Crippen molar-refractivity contribution in [2.24, 2.45) is 0 Å². The van der Waals surface area contributed by atoms with E-state index in [1.807, 2.05) is 0 Å². The Morgan fingerprint density at radius 3 is 2.92 bits per heavy atom. The number of fused-ring (bicyclic) bond motifs is 1. The molecule has 2 rings (SSSR count). The molecule has 1 aromatic carbocycles. The zero-order chi connectivity index (χ0) is 9.42. The first kappa shape index (κ1) is 7.98. The van der Waals surface area contributed by atoms with Crippen LogP contribution in [0, 0.1) is 5.82 Å². The second-order valence-electron chi connectivity index (χ2n) is 2.95. The summed E-state index contributed by atoms with van der Waals surface area (Å²) in [4.78, 5) is 10.7. The molecule has 1 N–H and O–H groups in total. The van der Waals surface area contributed by atoms with Crippen molar-refractivity contribution in [1.29, 1.82) is 0 Å². The van der Waals surface area contributed by atoms with Gasteiger partial charge in [0.1, 0.15) is 11.7 Å². The minimum absolute atomic E-state index is 0.395. The molecule has 13 heavy (non-hydrogen) atoms. The summed E-state index contributed by atoms with van der Waals surface area (Å²) >= 11 is 0. The molecule has 1 atom stereocenters. The van der Waals surface area contributed by atoms with E-state index in [0.717, 1.165) is 5.56 Å². The van der Waals surface area contributed by atoms with Crippen molar-refractivity contribution >= 4 is 12.0 Å². The average molecular weight is 178 g/mol. The second-order valence-corrected chi connectivity index (χ2v) is 2.95. The summed E-state index contributed by atoms with van der Waals surface area (Å²) in [6.07, 6.45) is 3.26. The highest BCUT2D eigenvalue weighted by Gasteiger charge is 2.23. The minimum Gasteiger partial charge on any atom is -0.481 e. The van der Waals surface area contributed by atoms with Crippen LogP contribution in [0.3, 0.4) is 0 Å². The fraction of sp³-hybridized carbons (Fsp3) is 0.100. The standard InChI is InChI=1S/C10H7FO2/c11-7-3-1-6-2-4-8(10(12)13)9(6)5-7/h1-5,8H,(H,12,13). The average Bonchev–Trinajstić information content (AvgIpc) is 2.46. The van der Waals surface area contributed by atoms with Gasteiger partial charge in [-0.1, -0.05) is 18.2 Å². The Morgan fingerprint density at radius 1 is 1.46 bits per heavy atom. The molecule has 0 aromatic heterocycles. The van der Waals surface area contributed by atoms with Crippen molar-refractivity contribution in [1.82, 2.24) is 0 Å². The minimum atomic E-state index is -0.944. The Bertz CT molecular complexity index is 396. The topological polar surface area (TPSA) is 37.3 Å². The molecule has 1 unspecified atom stereocenters. The van der Waals surface area contributed by atoms with Crippen molar-refractivity contribution < 1.29 is 14.3 Å². The predicted molar refractivity (Wildman–Crippen MR) is 45.8 cm³/mol. The molecule has 0 radical (unpaired) electrons. The molecule has 66 valence electrons. The third kappa shape index (κ3) is 1.22. The predicted octanol–water partition coefficient (Wildman–Crippen LogP) is 2.02. The van der Waals surface area contributed by atoms with Crippen LogP contribution in [0.4, 0.5) is 4.39 Å². The summed E-state index contributed by atoms with van der Waals surface area (Å²) in [5.41, 5.74) is 1.32. The number of carboxylic acids is 1. The van der Waals surface area contributed by atoms with Gasteiger partial charge in [-0.2, -0.15) is 0 Å². The Morgan fingerprint density at radius 2 is 2.23 bits per heavy atom. The van der Waals surface area contributed by atoms with Gasteiger partial charge in [-0.25, -0.2) is 4.39 Å². The molecule has 0 amide bonds. The van der Waals surface area contributed by atoms with Crippen molar-refractivity contribution in [3.63, 3.8) is 0 Å². The maximum atomic E-state index is 12.8. The van der Waals surface area contributed by atoms with Crippen LogP contribution >= 0.6 is 0 Å². The van der Waals surface area contributed by atoms with Gasteiger partial charge >= 0.3 is 5.97 Å². The number of hydrogen-bond acceptors (Lipinski definition) is 1. The van der Waals surface area contributed by atoms with Gasteiger partial charge in [0.15, 0.2) is 0 Å². The molecule has 3 heteroatoms. The highest BCUT2D eigenvalue weighted by molar-refractivity contribution is 5.85. The number of hydrogen-bond donors (Lipinski definition) is 1. The van der Waals surface area contributed by atoms with Crippen LogP contribution in [-0.4, -0.2) is 11.1 Å². The van der Waals surface area contributed by atoms with E-state index in [2.05, 4.69) is 0 Å². The molecule has 1 aliphatic rings. The summed E-state index contributed by atoms with van der Waals surface area (Å²) in [5.74, 6) is -2.03. The van der Waals surface area contributed by atoms with E-state index in [1.165, 1.54) is 12.1 Å². The van der Waals surface area contributed by atoms with Gasteiger partial charge in [0.25, 0.3) is 0 Å². The molecule has 0 spiro atoms. The van der Waals surface area contributed by atoms with Crippen molar-refractivity contribution in [2.75, 3.05) is 0 Å². The van der Waals surface area contributed by atoms with Gasteiger partial charge in [0.2, 0.25) is 0 Å². The van der Waals surface area contributed by atoms with E-state index in [-0.39, 0.29) is 0 Å². The van der Waals surface area contributed by atoms with Gasteiger partial charge in [-0.05, 0) is 23.3 Å². The number of halogens is 1. The van der Waals surface area contributed by atoms with Crippen molar-refractivity contribution in [2.45, 2.75) is 5.92 Å². The maximum Gasteiger partial charge on any atom is 0.314 e. The summed E-state index contributed by atoms with van der Waals surface area (Å²) in [5, 5.41) is 8.78. The highest BCUT2D eigenvalue weighted by Crippen LogP contribution is 2.30. The van der Waals surface area contributed by atoms with Gasteiger partial charge in [0, 0.05) is 0 Å². The van der Waals surface area contributed by atoms with Gasteiger partial charge < -0.3 is 5.11 Å². The number of benzene rings is 1. The zero-order valence-electron chi connectivity index (χ0n) is 6.70. The quantitative estimate of drug-likeness (QED) is 0.714. The Balaban J connectivity index is 2.51. The molecule has 1 aromatic rings. The summed E-state index contributed by atoms with van der Waals surface area (Å²) in [7, 11) is 0. The largest absolute Gasteiger partial charge is 0.481 e. The Kier molecular flexibility index (Phi) is 1.65. The smallest absolute Gasteiger partial charge is 0.314 e. The first-order chi connectivity index (χ1) is 6.18. The van der Waals surface area contributed by atoms with Crippen LogP contribution in [0.5, 0.6) is 0 Å². The summed E-state index contributed by atoms with van der Waals surface area (Å²) < 4.78 is 12.8. The van der Waals surface area contributed by atoms with Gasteiger partial charge in [-0.3, -0.25) is 4.79 Å². The van der Waals surface area contributed by atoms with Crippen LogP contribution < -0.4 is 0 Å². The van der Waals surface area contributed by atoms with Crippen LogP contribution in [0.15, 0.2) is 24.3 Å². The Labute approximate surface area is 74.3 Å². The molecular weight excluding hydrogens is 171 g/mol. The second kappa shape index (κ2) is 2.69. The summed E-state index contributed by atoms with van der Waals surface area (Å²) in [6, 6.07) is 4.19. The van der Waals surface area contributed by atoms with E-state index in [0.29, 0.717) is 5.56 Å². The van der Waals surface area contributed by atoms with Gasteiger partial charge in [0.05, 0.1) is 0 Å². The molecule has 2 nitrogen and oxygen atoms in total. The van der Waals surface area contributed by atoms with E-state index in [4.69, 9.17) is 5.11 Å². The number of carbonyl (C=O) groups is 1. The third-order valence-corrected chi connectivity index (χ3v) is 2.12. The number of rotatable bonds is 1. The lowest BCUT2D eigenvalue weighted by molar-refractivity contribution is -0.137. The van der Waals surface area contributed by atoms with Crippen LogP contribution in [0.2, 0.25) is 0 Å². The Hall–Kier alpha value is -1.64. The third-order valence-electron chi connectivity index (χ3n) is 2.12. The molecule has 0 bridgehead atoms. The van der Waals surface area contributed by atoms with Crippen LogP contribution in [0.1, 0.15) is 17.0 Å². The monoisotopic (exact) mass is 178 g/mol. The first-order valence-corrected chi connectivity index (χ1v) is 3.89. The molecule has 0 aliphatic heterocycles. The molecule has 0 fully saturated rings. The highest BCUT2D eigenvalue weighted by atomic mass is 19.1. The van der Waals surface area contributed by atoms with Crippen molar-refractivity contribution in [3.05, 3.63) is 41.2 Å². The molecule has 0 heterocycles. The lowest BCUT2D eigenvalue weighted by Gasteiger charge is -2.04. The number of aliphatic carboxylic acids is 1. The maximum absolute atomic E-state index is 12.8. The lowest BCUT2D eigenvalue weighted by Crippen LogP contribution is -2.07. The SMILES string of the molecule is O=C(O)C1C=Cc2ccc(F)cc21.